The fraction of sp³-hybridized carbons (Fsp3) is 0.211. The highest BCUT2D eigenvalue weighted by Crippen LogP contribution is 2.29. The van der Waals surface area contributed by atoms with Gasteiger partial charge in [-0.05, 0) is 26.0 Å². The molecule has 0 saturated heterocycles. The van der Waals surface area contributed by atoms with E-state index < -0.39 is 6.04 Å². The number of para-hydroxylation sites is 1. The summed E-state index contributed by atoms with van der Waals surface area (Å²) < 4.78 is 0. The second kappa shape index (κ2) is 8.06. The molecule has 3 aromatic rings. The van der Waals surface area contributed by atoms with Crippen molar-refractivity contribution in [3.63, 3.8) is 0 Å². The standard InChI is InChI=1S/C19H18ClN7O/c1-3-23-19(28)12-7-11-5-4-6-14(20)16(11)27-15(12)10(2)26-18-13(8-21)17(22)24-9-25-18/h4-7,9-10H,3H2,1-2H3,(H,23,28)(H3,22,24,25,26)/t10-/m0/s1. The molecule has 0 aliphatic carbocycles. The lowest BCUT2D eigenvalue weighted by atomic mass is 10.0. The first-order chi connectivity index (χ1) is 13.5. The first kappa shape index (κ1) is 19.3. The third kappa shape index (κ3) is 3.66. The average Bonchev–Trinajstić information content (AvgIpc) is 2.68. The predicted molar refractivity (Wildman–Crippen MR) is 108 cm³/mol. The zero-order valence-corrected chi connectivity index (χ0v) is 16.1. The number of anilines is 2. The minimum Gasteiger partial charge on any atom is -0.382 e. The number of rotatable bonds is 5. The average molecular weight is 396 g/mol. The van der Waals surface area contributed by atoms with Gasteiger partial charge in [-0.1, -0.05) is 23.7 Å². The van der Waals surface area contributed by atoms with Crippen LogP contribution in [0.4, 0.5) is 11.6 Å². The lowest BCUT2D eigenvalue weighted by molar-refractivity contribution is 0.0954. The smallest absolute Gasteiger partial charge is 0.253 e. The Balaban J connectivity index is 2.11. The van der Waals surface area contributed by atoms with Crippen molar-refractivity contribution in [1.29, 1.82) is 5.26 Å². The van der Waals surface area contributed by atoms with Gasteiger partial charge in [0.2, 0.25) is 0 Å². The quantitative estimate of drug-likeness (QED) is 0.605. The van der Waals surface area contributed by atoms with Crippen molar-refractivity contribution in [3.8, 4) is 6.07 Å². The molecule has 142 valence electrons. The lowest BCUT2D eigenvalue weighted by Gasteiger charge is -2.19. The fourth-order valence-electron chi connectivity index (χ4n) is 2.84. The van der Waals surface area contributed by atoms with Gasteiger partial charge in [-0.2, -0.15) is 5.26 Å². The molecule has 0 bridgehead atoms. The number of nitrogens with two attached hydrogens (primary N) is 1. The maximum atomic E-state index is 12.6. The van der Waals surface area contributed by atoms with Gasteiger partial charge in [-0.15, -0.1) is 0 Å². The van der Waals surface area contributed by atoms with Crippen LogP contribution in [0.1, 0.15) is 41.5 Å². The summed E-state index contributed by atoms with van der Waals surface area (Å²) in [6.07, 6.45) is 1.26. The van der Waals surface area contributed by atoms with Gasteiger partial charge in [0.1, 0.15) is 29.6 Å². The number of carbonyl (C=O) groups is 1. The van der Waals surface area contributed by atoms with Gasteiger partial charge in [-0.3, -0.25) is 4.79 Å². The lowest BCUT2D eigenvalue weighted by Crippen LogP contribution is -2.26. The normalized spacial score (nSPS) is 11.6. The Bertz CT molecular complexity index is 1090. The largest absolute Gasteiger partial charge is 0.382 e. The maximum absolute atomic E-state index is 12.6. The summed E-state index contributed by atoms with van der Waals surface area (Å²) in [5.41, 5.74) is 7.36. The van der Waals surface area contributed by atoms with Crippen molar-refractivity contribution < 1.29 is 4.79 Å². The number of halogens is 1. The minimum absolute atomic E-state index is 0.0747. The third-order valence-electron chi connectivity index (χ3n) is 4.16. The van der Waals surface area contributed by atoms with E-state index in [1.54, 1.807) is 18.2 Å². The van der Waals surface area contributed by atoms with E-state index in [0.29, 0.717) is 28.3 Å². The first-order valence-corrected chi connectivity index (χ1v) is 8.98. The molecular weight excluding hydrogens is 378 g/mol. The third-order valence-corrected chi connectivity index (χ3v) is 4.46. The van der Waals surface area contributed by atoms with E-state index in [0.717, 1.165) is 5.39 Å². The van der Waals surface area contributed by atoms with Crippen LogP contribution in [0.2, 0.25) is 5.02 Å². The number of nitriles is 1. The van der Waals surface area contributed by atoms with Crippen LogP contribution in [-0.4, -0.2) is 27.4 Å². The summed E-state index contributed by atoms with van der Waals surface area (Å²) in [6, 6.07) is 8.67. The zero-order valence-electron chi connectivity index (χ0n) is 15.3. The molecule has 1 amide bonds. The van der Waals surface area contributed by atoms with Gasteiger partial charge in [0, 0.05) is 11.9 Å². The van der Waals surface area contributed by atoms with E-state index >= 15 is 0 Å². The Morgan fingerprint density at radius 2 is 2.18 bits per heavy atom. The fourth-order valence-corrected chi connectivity index (χ4v) is 3.06. The van der Waals surface area contributed by atoms with Crippen molar-refractivity contribution in [2.24, 2.45) is 0 Å². The Labute approximate surface area is 166 Å². The number of nitrogens with one attached hydrogen (secondary N) is 2. The Kier molecular flexibility index (Phi) is 5.57. The van der Waals surface area contributed by atoms with E-state index in [1.807, 2.05) is 26.0 Å². The number of amides is 1. The molecule has 1 aromatic carbocycles. The number of hydrogen-bond donors (Lipinski definition) is 3. The topological polar surface area (TPSA) is 130 Å². The molecule has 0 radical (unpaired) electrons. The molecule has 0 saturated carbocycles. The molecule has 1 atom stereocenters. The van der Waals surface area contributed by atoms with Gasteiger partial charge in [-0.25, -0.2) is 15.0 Å². The van der Waals surface area contributed by atoms with Crippen molar-refractivity contribution >= 4 is 40.0 Å². The van der Waals surface area contributed by atoms with Crippen LogP contribution < -0.4 is 16.4 Å². The van der Waals surface area contributed by atoms with Crippen LogP contribution in [-0.2, 0) is 0 Å². The van der Waals surface area contributed by atoms with Crippen LogP contribution >= 0.6 is 11.6 Å². The highest BCUT2D eigenvalue weighted by atomic mass is 35.5. The van der Waals surface area contributed by atoms with Crippen LogP contribution in [0, 0.1) is 11.3 Å². The van der Waals surface area contributed by atoms with E-state index in [1.165, 1.54) is 6.33 Å². The van der Waals surface area contributed by atoms with Gasteiger partial charge in [0.25, 0.3) is 5.91 Å². The molecular formula is C19H18ClN7O. The SMILES string of the molecule is CCNC(=O)c1cc2cccc(Cl)c2nc1[C@H](C)Nc1ncnc(N)c1C#N. The van der Waals surface area contributed by atoms with Gasteiger partial charge in [0.15, 0.2) is 0 Å². The summed E-state index contributed by atoms with van der Waals surface area (Å²) in [5, 5.41) is 16.5. The molecule has 3 rings (SSSR count). The highest BCUT2D eigenvalue weighted by molar-refractivity contribution is 6.35. The number of fused-ring (bicyclic) bond motifs is 1. The van der Waals surface area contributed by atoms with E-state index in [9.17, 15) is 10.1 Å². The number of hydrogen-bond acceptors (Lipinski definition) is 7. The Hall–Kier alpha value is -3.44. The zero-order chi connectivity index (χ0) is 20.3. The van der Waals surface area contributed by atoms with Crippen LogP contribution in [0.25, 0.3) is 10.9 Å². The molecule has 9 heteroatoms. The molecule has 0 aliphatic heterocycles. The number of benzene rings is 1. The molecule has 28 heavy (non-hydrogen) atoms. The first-order valence-electron chi connectivity index (χ1n) is 8.60. The monoisotopic (exact) mass is 395 g/mol. The molecule has 0 fully saturated rings. The Morgan fingerprint density at radius 3 is 2.89 bits per heavy atom. The van der Waals surface area contributed by atoms with Gasteiger partial charge < -0.3 is 16.4 Å². The Morgan fingerprint density at radius 1 is 1.39 bits per heavy atom. The van der Waals surface area contributed by atoms with E-state index in [-0.39, 0.29) is 23.1 Å². The van der Waals surface area contributed by atoms with Crippen molar-refractivity contribution in [2.45, 2.75) is 19.9 Å². The van der Waals surface area contributed by atoms with Crippen molar-refractivity contribution in [3.05, 3.63) is 52.4 Å². The van der Waals surface area contributed by atoms with Crippen molar-refractivity contribution in [2.75, 3.05) is 17.6 Å². The van der Waals surface area contributed by atoms with Crippen LogP contribution in [0.5, 0.6) is 0 Å². The molecule has 0 aliphatic rings. The number of carbonyl (C=O) groups excluding carboxylic acids is 1. The summed E-state index contributed by atoms with van der Waals surface area (Å²) >= 11 is 6.29. The number of nitrogen functional groups attached to an aromatic ring is 1. The number of pyridine rings is 1. The summed E-state index contributed by atoms with van der Waals surface area (Å²) in [4.78, 5) is 25.2. The summed E-state index contributed by atoms with van der Waals surface area (Å²) in [5.74, 6) is 0.0966. The summed E-state index contributed by atoms with van der Waals surface area (Å²) in [6.45, 7) is 4.13. The van der Waals surface area contributed by atoms with Crippen LogP contribution in [0.3, 0.4) is 0 Å². The molecule has 2 aromatic heterocycles. The second-order valence-electron chi connectivity index (χ2n) is 6.05. The molecule has 8 nitrogen and oxygen atoms in total. The van der Waals surface area contributed by atoms with E-state index in [4.69, 9.17) is 17.3 Å². The molecule has 4 N–H and O–H groups in total. The number of nitrogens with zero attached hydrogens (tertiary/aromatic N) is 4. The summed E-state index contributed by atoms with van der Waals surface area (Å²) in [7, 11) is 0. The predicted octanol–water partition coefficient (Wildman–Crippen LogP) is 3.05. The number of aromatic nitrogens is 3. The highest BCUT2D eigenvalue weighted by Gasteiger charge is 2.21. The minimum atomic E-state index is -0.459. The second-order valence-corrected chi connectivity index (χ2v) is 6.46. The van der Waals surface area contributed by atoms with E-state index in [2.05, 4.69) is 25.6 Å². The van der Waals surface area contributed by atoms with Crippen molar-refractivity contribution in [1.82, 2.24) is 20.3 Å². The van der Waals surface area contributed by atoms with Crippen LogP contribution in [0.15, 0.2) is 30.6 Å². The molecule has 0 unspecified atom stereocenters. The van der Waals surface area contributed by atoms with Gasteiger partial charge in [0.05, 0.1) is 27.8 Å². The molecule has 0 spiro atoms. The molecule has 2 heterocycles. The maximum Gasteiger partial charge on any atom is 0.253 e. The van der Waals surface area contributed by atoms with Gasteiger partial charge >= 0.3 is 0 Å².